The quantitative estimate of drug-likeness (QED) is 0.718. The summed E-state index contributed by atoms with van der Waals surface area (Å²) >= 11 is 0. The van der Waals surface area contributed by atoms with Gasteiger partial charge in [-0.05, 0) is 55.2 Å². The van der Waals surface area contributed by atoms with E-state index in [1.54, 1.807) is 0 Å². The molecule has 1 aromatic rings. The Hall–Kier alpha value is -0.820. The SMILES string of the molecule is OC1(c2cccc3c2CCC3)CCC1. The molecule has 0 radical (unpaired) electrons. The number of benzene rings is 1. The van der Waals surface area contributed by atoms with Crippen LogP contribution in [0.2, 0.25) is 0 Å². The molecule has 1 aromatic carbocycles. The minimum atomic E-state index is -0.463. The molecule has 2 aliphatic carbocycles. The first-order valence-electron chi connectivity index (χ1n) is 5.63. The molecule has 74 valence electrons. The fraction of sp³-hybridized carbons (Fsp3) is 0.538. The highest BCUT2D eigenvalue weighted by Gasteiger charge is 2.38. The summed E-state index contributed by atoms with van der Waals surface area (Å²) in [6.45, 7) is 0. The van der Waals surface area contributed by atoms with E-state index in [0.29, 0.717) is 0 Å². The predicted octanol–water partition coefficient (Wildman–Crippen LogP) is 2.55. The molecule has 1 saturated carbocycles. The Morgan fingerprint density at radius 3 is 2.64 bits per heavy atom. The van der Waals surface area contributed by atoms with Crippen molar-refractivity contribution in [1.82, 2.24) is 0 Å². The van der Waals surface area contributed by atoms with E-state index in [4.69, 9.17) is 0 Å². The molecular weight excluding hydrogens is 172 g/mol. The number of hydrogen-bond acceptors (Lipinski definition) is 1. The van der Waals surface area contributed by atoms with Crippen LogP contribution < -0.4 is 0 Å². The Balaban J connectivity index is 2.10. The first kappa shape index (κ1) is 8.49. The van der Waals surface area contributed by atoms with Gasteiger partial charge in [0, 0.05) is 0 Å². The van der Waals surface area contributed by atoms with Gasteiger partial charge in [-0.15, -0.1) is 0 Å². The average molecular weight is 188 g/mol. The number of aryl methyl sites for hydroxylation is 1. The van der Waals surface area contributed by atoms with Crippen molar-refractivity contribution in [3.05, 3.63) is 34.9 Å². The van der Waals surface area contributed by atoms with Gasteiger partial charge >= 0.3 is 0 Å². The molecule has 0 amide bonds. The molecule has 14 heavy (non-hydrogen) atoms. The fourth-order valence-electron chi connectivity index (χ4n) is 2.84. The smallest absolute Gasteiger partial charge is 0.0899 e. The topological polar surface area (TPSA) is 20.2 Å². The summed E-state index contributed by atoms with van der Waals surface area (Å²) < 4.78 is 0. The highest BCUT2D eigenvalue weighted by Crippen LogP contribution is 2.44. The standard InChI is InChI=1S/C13H16O/c14-13(8-3-9-13)12-7-2-5-10-4-1-6-11(10)12/h2,5,7,14H,1,3-4,6,8-9H2. The van der Waals surface area contributed by atoms with Crippen LogP contribution in [0, 0.1) is 0 Å². The predicted molar refractivity (Wildman–Crippen MR) is 56.2 cm³/mol. The minimum Gasteiger partial charge on any atom is -0.385 e. The van der Waals surface area contributed by atoms with Crippen molar-refractivity contribution in [1.29, 1.82) is 0 Å². The van der Waals surface area contributed by atoms with Gasteiger partial charge in [0.25, 0.3) is 0 Å². The van der Waals surface area contributed by atoms with E-state index in [1.807, 2.05) is 0 Å². The van der Waals surface area contributed by atoms with Gasteiger partial charge in [-0.2, -0.15) is 0 Å². The average Bonchev–Trinajstić information content (AvgIpc) is 2.61. The molecule has 1 N–H and O–H groups in total. The zero-order valence-electron chi connectivity index (χ0n) is 8.42. The molecule has 0 atom stereocenters. The van der Waals surface area contributed by atoms with E-state index in [-0.39, 0.29) is 0 Å². The van der Waals surface area contributed by atoms with Crippen LogP contribution >= 0.6 is 0 Å². The second-order valence-corrected chi connectivity index (χ2v) is 4.68. The van der Waals surface area contributed by atoms with Crippen molar-refractivity contribution < 1.29 is 5.11 Å². The van der Waals surface area contributed by atoms with Crippen LogP contribution in [0.5, 0.6) is 0 Å². The Labute approximate surface area is 84.8 Å². The lowest BCUT2D eigenvalue weighted by atomic mass is 9.73. The summed E-state index contributed by atoms with van der Waals surface area (Å²) in [7, 11) is 0. The summed E-state index contributed by atoms with van der Waals surface area (Å²) in [5.74, 6) is 0. The van der Waals surface area contributed by atoms with E-state index in [1.165, 1.54) is 42.4 Å². The summed E-state index contributed by atoms with van der Waals surface area (Å²) in [5.41, 5.74) is 3.70. The van der Waals surface area contributed by atoms with Gasteiger partial charge in [-0.25, -0.2) is 0 Å². The first-order chi connectivity index (χ1) is 6.80. The molecular formula is C13H16O. The lowest BCUT2D eigenvalue weighted by Gasteiger charge is -2.38. The summed E-state index contributed by atoms with van der Waals surface area (Å²) in [5, 5.41) is 10.3. The molecule has 1 nitrogen and oxygen atoms in total. The molecule has 0 aliphatic heterocycles. The lowest BCUT2D eigenvalue weighted by molar-refractivity contribution is -0.0394. The van der Waals surface area contributed by atoms with Crippen molar-refractivity contribution in [2.45, 2.75) is 44.1 Å². The Morgan fingerprint density at radius 1 is 1.07 bits per heavy atom. The van der Waals surface area contributed by atoms with Crippen molar-refractivity contribution in [3.8, 4) is 0 Å². The van der Waals surface area contributed by atoms with Gasteiger partial charge in [-0.3, -0.25) is 0 Å². The number of aliphatic hydroxyl groups is 1. The Morgan fingerprint density at radius 2 is 1.93 bits per heavy atom. The van der Waals surface area contributed by atoms with Crippen molar-refractivity contribution in [2.24, 2.45) is 0 Å². The molecule has 1 fully saturated rings. The van der Waals surface area contributed by atoms with Gasteiger partial charge < -0.3 is 5.11 Å². The molecule has 0 bridgehead atoms. The van der Waals surface area contributed by atoms with E-state index >= 15 is 0 Å². The van der Waals surface area contributed by atoms with Crippen LogP contribution in [0.15, 0.2) is 18.2 Å². The van der Waals surface area contributed by atoms with Crippen LogP contribution in [0.4, 0.5) is 0 Å². The van der Waals surface area contributed by atoms with Crippen molar-refractivity contribution >= 4 is 0 Å². The second-order valence-electron chi connectivity index (χ2n) is 4.68. The number of fused-ring (bicyclic) bond motifs is 1. The molecule has 0 saturated heterocycles. The monoisotopic (exact) mass is 188 g/mol. The highest BCUT2D eigenvalue weighted by molar-refractivity contribution is 5.42. The Bertz CT molecular complexity index is 363. The zero-order valence-corrected chi connectivity index (χ0v) is 8.42. The molecule has 0 aromatic heterocycles. The van der Waals surface area contributed by atoms with E-state index < -0.39 is 5.60 Å². The maximum absolute atomic E-state index is 10.3. The van der Waals surface area contributed by atoms with Crippen LogP contribution in [-0.4, -0.2) is 5.11 Å². The van der Waals surface area contributed by atoms with E-state index in [0.717, 1.165) is 12.8 Å². The normalized spacial score (nSPS) is 22.9. The molecule has 0 spiro atoms. The minimum absolute atomic E-state index is 0.463. The largest absolute Gasteiger partial charge is 0.385 e. The van der Waals surface area contributed by atoms with Crippen LogP contribution in [0.3, 0.4) is 0 Å². The summed E-state index contributed by atoms with van der Waals surface area (Å²) in [6, 6.07) is 6.45. The maximum Gasteiger partial charge on any atom is 0.0899 e. The van der Waals surface area contributed by atoms with E-state index in [2.05, 4.69) is 18.2 Å². The highest BCUT2D eigenvalue weighted by atomic mass is 16.3. The van der Waals surface area contributed by atoms with Gasteiger partial charge in [0.15, 0.2) is 0 Å². The van der Waals surface area contributed by atoms with Crippen LogP contribution in [-0.2, 0) is 18.4 Å². The lowest BCUT2D eigenvalue weighted by Crippen LogP contribution is -2.34. The first-order valence-corrected chi connectivity index (χ1v) is 5.63. The van der Waals surface area contributed by atoms with Gasteiger partial charge in [0.1, 0.15) is 0 Å². The number of hydrogen-bond donors (Lipinski definition) is 1. The van der Waals surface area contributed by atoms with Gasteiger partial charge in [0.05, 0.1) is 5.60 Å². The molecule has 1 heteroatoms. The van der Waals surface area contributed by atoms with Gasteiger partial charge in [0.2, 0.25) is 0 Å². The van der Waals surface area contributed by atoms with Crippen molar-refractivity contribution in [3.63, 3.8) is 0 Å². The second kappa shape index (κ2) is 2.83. The van der Waals surface area contributed by atoms with Gasteiger partial charge in [-0.1, -0.05) is 18.2 Å². The summed E-state index contributed by atoms with van der Waals surface area (Å²) in [6.07, 6.45) is 6.75. The van der Waals surface area contributed by atoms with Crippen LogP contribution in [0.25, 0.3) is 0 Å². The van der Waals surface area contributed by atoms with Crippen molar-refractivity contribution in [2.75, 3.05) is 0 Å². The summed E-state index contributed by atoms with van der Waals surface area (Å²) in [4.78, 5) is 0. The third-order valence-electron chi connectivity index (χ3n) is 3.83. The van der Waals surface area contributed by atoms with E-state index in [9.17, 15) is 5.11 Å². The molecule has 3 rings (SSSR count). The molecule has 2 aliphatic rings. The number of rotatable bonds is 1. The third-order valence-corrected chi connectivity index (χ3v) is 3.83. The molecule has 0 unspecified atom stereocenters. The maximum atomic E-state index is 10.3. The third kappa shape index (κ3) is 1.05. The zero-order chi connectivity index (χ0) is 9.60. The molecule has 0 heterocycles. The fourth-order valence-corrected chi connectivity index (χ4v) is 2.84. The Kier molecular flexibility index (Phi) is 1.72. The van der Waals surface area contributed by atoms with Crippen LogP contribution in [0.1, 0.15) is 42.4 Å².